The molecule has 0 aliphatic heterocycles. The number of aryl methyl sites for hydroxylation is 1. The minimum absolute atomic E-state index is 0.894. The lowest BCUT2D eigenvalue weighted by atomic mass is 10.2. The van der Waals surface area contributed by atoms with Crippen molar-refractivity contribution in [3.05, 3.63) is 107 Å². The summed E-state index contributed by atoms with van der Waals surface area (Å²) >= 11 is 0. The lowest BCUT2D eigenvalue weighted by Crippen LogP contribution is -2.25. The Balaban J connectivity index is 1.48. The molecule has 0 unspecified atom stereocenters. The number of hydrogen-bond acceptors (Lipinski definition) is 1. The van der Waals surface area contributed by atoms with Gasteiger partial charge in [0.05, 0.1) is 0 Å². The second-order valence-corrected chi connectivity index (χ2v) is 7.54. The maximum absolute atomic E-state index is 4.07. The Hall–Kier alpha value is -3.66. The van der Waals surface area contributed by atoms with Gasteiger partial charge < -0.3 is 9.13 Å². The van der Waals surface area contributed by atoms with Crippen LogP contribution in [0.2, 0.25) is 0 Å². The minimum Gasteiger partial charge on any atom is -0.348 e. The molecule has 0 amide bonds. The van der Waals surface area contributed by atoms with E-state index in [2.05, 4.69) is 101 Å². The van der Waals surface area contributed by atoms with Gasteiger partial charge in [-0.15, -0.1) is 0 Å². The van der Waals surface area contributed by atoms with E-state index in [1.807, 2.05) is 36.1 Å². The highest BCUT2D eigenvalue weighted by atomic mass is 15.0. The van der Waals surface area contributed by atoms with E-state index in [4.69, 9.17) is 0 Å². The van der Waals surface area contributed by atoms with Gasteiger partial charge in [-0.1, -0.05) is 12.2 Å². The van der Waals surface area contributed by atoms with E-state index < -0.39 is 0 Å². The fraction of sp³-hybridized carbons (Fsp3) is 0.154. The summed E-state index contributed by atoms with van der Waals surface area (Å²) in [6, 6.07) is 17.0. The van der Waals surface area contributed by atoms with Crippen LogP contribution in [0.25, 0.3) is 24.3 Å². The molecule has 0 spiro atoms. The van der Waals surface area contributed by atoms with Crippen molar-refractivity contribution in [2.45, 2.75) is 6.42 Å². The largest absolute Gasteiger partial charge is 0.348 e. The molecule has 0 radical (unpaired) electrons. The topological polar surface area (TPSA) is 26.6 Å². The van der Waals surface area contributed by atoms with Crippen LogP contribution in [-0.4, -0.2) is 14.1 Å². The summed E-state index contributed by atoms with van der Waals surface area (Å²) in [5.74, 6) is 0. The lowest BCUT2D eigenvalue weighted by molar-refractivity contribution is -0.671. The van der Waals surface area contributed by atoms with Crippen LogP contribution >= 0.6 is 0 Å². The van der Waals surface area contributed by atoms with Gasteiger partial charge in [0.25, 0.3) is 0 Å². The van der Waals surface area contributed by atoms with Gasteiger partial charge in [-0.05, 0) is 59.7 Å². The van der Waals surface area contributed by atoms with Gasteiger partial charge in [0.1, 0.15) is 7.05 Å². The number of pyridine rings is 2. The molecule has 0 aliphatic carbocycles. The normalized spacial score (nSPS) is 11.7. The van der Waals surface area contributed by atoms with Crippen LogP contribution < -0.4 is 4.57 Å². The van der Waals surface area contributed by atoms with E-state index in [0.29, 0.717) is 0 Å². The van der Waals surface area contributed by atoms with E-state index in [1.165, 1.54) is 28.3 Å². The SMILES string of the molecule is Cn1c(/C=C/c2ccncc2)ccc1Cc1ccc(/C=C/c2cc[n+](C)cc2)n1C. The lowest BCUT2D eigenvalue weighted by Gasteiger charge is -2.08. The van der Waals surface area contributed by atoms with Gasteiger partial charge in [-0.3, -0.25) is 4.98 Å². The maximum atomic E-state index is 4.07. The Morgan fingerprint density at radius 1 is 0.700 bits per heavy atom. The van der Waals surface area contributed by atoms with E-state index >= 15 is 0 Å². The number of nitrogens with zero attached hydrogens (tertiary/aromatic N) is 4. The van der Waals surface area contributed by atoms with Gasteiger partial charge in [0.2, 0.25) is 0 Å². The van der Waals surface area contributed by atoms with Crippen LogP contribution in [0.4, 0.5) is 0 Å². The smallest absolute Gasteiger partial charge is 0.169 e. The first-order chi connectivity index (χ1) is 14.6. The first kappa shape index (κ1) is 19.6. The van der Waals surface area contributed by atoms with Crippen molar-refractivity contribution in [2.24, 2.45) is 21.1 Å². The third-order valence-corrected chi connectivity index (χ3v) is 5.49. The highest BCUT2D eigenvalue weighted by Gasteiger charge is 2.08. The van der Waals surface area contributed by atoms with E-state index in [-0.39, 0.29) is 0 Å². The van der Waals surface area contributed by atoms with Crippen LogP contribution in [0.15, 0.2) is 73.3 Å². The first-order valence-electron chi connectivity index (χ1n) is 10.1. The summed E-state index contributed by atoms with van der Waals surface area (Å²) in [5, 5.41) is 0. The highest BCUT2D eigenvalue weighted by molar-refractivity contribution is 5.69. The van der Waals surface area contributed by atoms with Gasteiger partial charge in [-0.2, -0.15) is 0 Å². The third kappa shape index (κ3) is 4.49. The highest BCUT2D eigenvalue weighted by Crippen LogP contribution is 2.18. The summed E-state index contributed by atoms with van der Waals surface area (Å²) in [4.78, 5) is 4.07. The van der Waals surface area contributed by atoms with Gasteiger partial charge in [0.15, 0.2) is 12.4 Å². The molecule has 4 heterocycles. The molecular formula is C26H27N4+. The molecule has 0 saturated heterocycles. The van der Waals surface area contributed by atoms with Crippen LogP contribution in [0, 0.1) is 0 Å². The van der Waals surface area contributed by atoms with Crippen molar-refractivity contribution in [1.82, 2.24) is 14.1 Å². The van der Waals surface area contributed by atoms with Crippen molar-refractivity contribution >= 4 is 24.3 Å². The molecule has 4 aromatic rings. The molecule has 150 valence electrons. The molecule has 4 aromatic heterocycles. The molecule has 0 bridgehead atoms. The van der Waals surface area contributed by atoms with E-state index in [9.17, 15) is 0 Å². The van der Waals surface area contributed by atoms with Crippen LogP contribution in [0.1, 0.15) is 33.9 Å². The third-order valence-electron chi connectivity index (χ3n) is 5.49. The zero-order chi connectivity index (χ0) is 20.9. The Bertz CT molecular complexity index is 1180. The Morgan fingerprint density at radius 3 is 1.73 bits per heavy atom. The summed E-state index contributed by atoms with van der Waals surface area (Å²) in [7, 11) is 6.29. The molecule has 4 nitrogen and oxygen atoms in total. The summed E-state index contributed by atoms with van der Waals surface area (Å²) < 4.78 is 6.56. The van der Waals surface area contributed by atoms with Crippen molar-refractivity contribution in [1.29, 1.82) is 0 Å². The Labute approximate surface area is 178 Å². The molecule has 0 N–H and O–H groups in total. The minimum atomic E-state index is 0.894. The Kier molecular flexibility index (Phi) is 5.75. The zero-order valence-corrected chi connectivity index (χ0v) is 17.7. The van der Waals surface area contributed by atoms with Gasteiger partial charge >= 0.3 is 0 Å². The fourth-order valence-corrected chi connectivity index (χ4v) is 3.48. The second-order valence-electron chi connectivity index (χ2n) is 7.54. The molecule has 0 aliphatic rings. The first-order valence-corrected chi connectivity index (χ1v) is 10.1. The second kappa shape index (κ2) is 8.78. The van der Waals surface area contributed by atoms with Crippen LogP contribution in [0.3, 0.4) is 0 Å². The molecule has 4 rings (SSSR count). The quantitative estimate of drug-likeness (QED) is 0.441. The number of rotatable bonds is 6. The number of hydrogen-bond donors (Lipinski definition) is 0. The van der Waals surface area contributed by atoms with Crippen molar-refractivity contribution < 1.29 is 4.57 Å². The maximum Gasteiger partial charge on any atom is 0.169 e. The summed E-state index contributed by atoms with van der Waals surface area (Å²) in [5.41, 5.74) is 7.32. The summed E-state index contributed by atoms with van der Waals surface area (Å²) in [6.45, 7) is 0. The predicted molar refractivity (Wildman–Crippen MR) is 123 cm³/mol. The van der Waals surface area contributed by atoms with Gasteiger partial charge in [0, 0.05) is 67.8 Å². The van der Waals surface area contributed by atoms with E-state index in [1.54, 1.807) is 0 Å². The monoisotopic (exact) mass is 395 g/mol. The molecule has 0 atom stereocenters. The van der Waals surface area contributed by atoms with Gasteiger partial charge in [-0.25, -0.2) is 4.57 Å². The van der Waals surface area contributed by atoms with Crippen molar-refractivity contribution in [2.75, 3.05) is 0 Å². The van der Waals surface area contributed by atoms with Crippen LogP contribution in [0.5, 0.6) is 0 Å². The number of aromatic nitrogens is 4. The molecule has 4 heteroatoms. The molecular weight excluding hydrogens is 368 g/mol. The Morgan fingerprint density at radius 2 is 1.20 bits per heavy atom. The average Bonchev–Trinajstić information content (AvgIpc) is 3.29. The fourth-order valence-electron chi connectivity index (χ4n) is 3.48. The molecule has 0 fully saturated rings. The van der Waals surface area contributed by atoms with Crippen molar-refractivity contribution in [3.63, 3.8) is 0 Å². The summed E-state index contributed by atoms with van der Waals surface area (Å²) in [6.07, 6.45) is 17.2. The van der Waals surface area contributed by atoms with Crippen LogP contribution in [-0.2, 0) is 27.6 Å². The standard InChI is InChI=1S/C26H27N4/c1-28-18-14-22(15-19-28)5-7-24-9-11-26(30(24)3)20-25-10-8-23(29(25)2)6-4-21-12-16-27-17-13-21/h4-19H,20H2,1-3H3/q+1/b6-4+. The average molecular weight is 396 g/mol. The van der Waals surface area contributed by atoms with E-state index in [0.717, 1.165) is 12.0 Å². The molecule has 0 aromatic carbocycles. The predicted octanol–water partition coefficient (Wildman–Crippen LogP) is 4.51. The van der Waals surface area contributed by atoms with Crippen molar-refractivity contribution in [3.8, 4) is 0 Å². The molecule has 30 heavy (non-hydrogen) atoms. The molecule has 0 saturated carbocycles. The zero-order valence-electron chi connectivity index (χ0n) is 17.7.